The number of ether oxygens (including phenoxy) is 1. The molecule has 0 saturated carbocycles. The SMILES string of the molecule is CN(Cc1cccc(F)c1)S(=O)(=O)c1ccc2c(c1)CCO2. The molecule has 0 bridgehead atoms. The molecule has 0 aromatic heterocycles. The Bertz CT molecular complexity index is 805. The van der Waals surface area contributed by atoms with Gasteiger partial charge in [0.2, 0.25) is 10.0 Å². The highest BCUT2D eigenvalue weighted by atomic mass is 32.2. The lowest BCUT2D eigenvalue weighted by Crippen LogP contribution is -2.26. The summed E-state index contributed by atoms with van der Waals surface area (Å²) in [6.07, 6.45) is 0.715. The molecule has 3 rings (SSSR count). The van der Waals surface area contributed by atoms with Crippen molar-refractivity contribution in [2.75, 3.05) is 13.7 Å². The fourth-order valence-electron chi connectivity index (χ4n) is 2.48. The van der Waals surface area contributed by atoms with Crippen LogP contribution in [0.5, 0.6) is 5.75 Å². The fraction of sp³-hybridized carbons (Fsp3) is 0.250. The molecule has 2 aromatic carbocycles. The normalized spacial score (nSPS) is 14.0. The summed E-state index contributed by atoms with van der Waals surface area (Å²) >= 11 is 0. The minimum atomic E-state index is -3.62. The minimum Gasteiger partial charge on any atom is -0.493 e. The summed E-state index contributed by atoms with van der Waals surface area (Å²) < 4.78 is 45.0. The smallest absolute Gasteiger partial charge is 0.243 e. The van der Waals surface area contributed by atoms with E-state index < -0.39 is 10.0 Å². The summed E-state index contributed by atoms with van der Waals surface area (Å²) in [5.41, 5.74) is 1.51. The first kappa shape index (κ1) is 15.0. The quantitative estimate of drug-likeness (QED) is 0.869. The number of sulfonamides is 1. The van der Waals surface area contributed by atoms with Gasteiger partial charge in [0, 0.05) is 20.0 Å². The molecule has 0 amide bonds. The van der Waals surface area contributed by atoms with E-state index in [1.807, 2.05) is 0 Å². The predicted molar refractivity (Wildman–Crippen MR) is 80.7 cm³/mol. The van der Waals surface area contributed by atoms with Gasteiger partial charge in [-0.2, -0.15) is 4.31 Å². The molecule has 0 atom stereocenters. The third-order valence-electron chi connectivity index (χ3n) is 3.66. The van der Waals surface area contributed by atoms with Gasteiger partial charge in [-0.05, 0) is 41.5 Å². The number of hydrogen-bond acceptors (Lipinski definition) is 3. The second-order valence-corrected chi connectivity index (χ2v) is 7.30. The number of benzene rings is 2. The van der Waals surface area contributed by atoms with E-state index in [-0.39, 0.29) is 17.3 Å². The zero-order valence-corrected chi connectivity index (χ0v) is 12.9. The zero-order valence-electron chi connectivity index (χ0n) is 12.1. The number of fused-ring (bicyclic) bond motifs is 1. The van der Waals surface area contributed by atoms with E-state index >= 15 is 0 Å². The van der Waals surface area contributed by atoms with Gasteiger partial charge in [0.25, 0.3) is 0 Å². The second-order valence-electron chi connectivity index (χ2n) is 5.26. The van der Waals surface area contributed by atoms with Crippen molar-refractivity contribution in [2.45, 2.75) is 17.9 Å². The average molecular weight is 321 g/mol. The van der Waals surface area contributed by atoms with Crippen molar-refractivity contribution < 1.29 is 17.5 Å². The highest BCUT2D eigenvalue weighted by Crippen LogP contribution is 2.28. The molecule has 1 aliphatic rings. The standard InChI is InChI=1S/C16H16FNO3S/c1-18(11-12-3-2-4-14(17)9-12)22(19,20)15-5-6-16-13(10-15)7-8-21-16/h2-6,9-10H,7-8,11H2,1H3. The Hall–Kier alpha value is -1.92. The van der Waals surface area contributed by atoms with Crippen LogP contribution < -0.4 is 4.74 Å². The predicted octanol–water partition coefficient (Wildman–Crippen LogP) is 2.58. The number of nitrogens with zero attached hydrogens (tertiary/aromatic N) is 1. The van der Waals surface area contributed by atoms with Crippen LogP contribution >= 0.6 is 0 Å². The van der Waals surface area contributed by atoms with Crippen LogP contribution in [0.3, 0.4) is 0 Å². The van der Waals surface area contributed by atoms with Crippen LogP contribution in [0, 0.1) is 5.82 Å². The van der Waals surface area contributed by atoms with Gasteiger partial charge in [0.15, 0.2) is 0 Å². The molecule has 1 heterocycles. The minimum absolute atomic E-state index is 0.119. The first-order valence-electron chi connectivity index (χ1n) is 6.93. The van der Waals surface area contributed by atoms with Gasteiger partial charge in [0.05, 0.1) is 11.5 Å². The van der Waals surface area contributed by atoms with Crippen molar-refractivity contribution in [1.29, 1.82) is 0 Å². The van der Waals surface area contributed by atoms with E-state index in [1.165, 1.54) is 23.5 Å². The van der Waals surface area contributed by atoms with Gasteiger partial charge in [-0.3, -0.25) is 0 Å². The summed E-state index contributed by atoms with van der Waals surface area (Å²) in [6, 6.07) is 10.8. The van der Waals surface area contributed by atoms with Gasteiger partial charge >= 0.3 is 0 Å². The monoisotopic (exact) mass is 321 g/mol. The Morgan fingerprint density at radius 1 is 1.23 bits per heavy atom. The first-order valence-corrected chi connectivity index (χ1v) is 8.37. The van der Waals surface area contributed by atoms with Crippen molar-refractivity contribution in [3.8, 4) is 5.75 Å². The summed E-state index contributed by atoms with van der Waals surface area (Å²) in [6.45, 7) is 0.700. The number of halogens is 1. The first-order chi connectivity index (χ1) is 10.5. The maximum Gasteiger partial charge on any atom is 0.243 e. The lowest BCUT2D eigenvalue weighted by atomic mass is 10.2. The van der Waals surface area contributed by atoms with Crippen LogP contribution in [0.2, 0.25) is 0 Å². The van der Waals surface area contributed by atoms with E-state index in [0.29, 0.717) is 18.6 Å². The van der Waals surface area contributed by atoms with E-state index in [0.717, 1.165) is 11.3 Å². The average Bonchev–Trinajstić information content (AvgIpc) is 2.94. The molecule has 116 valence electrons. The second kappa shape index (κ2) is 5.70. The topological polar surface area (TPSA) is 46.6 Å². The van der Waals surface area contributed by atoms with Crippen LogP contribution in [-0.2, 0) is 23.0 Å². The van der Waals surface area contributed by atoms with E-state index in [4.69, 9.17) is 4.74 Å². The molecular formula is C16H16FNO3S. The molecule has 0 aliphatic carbocycles. The van der Waals surface area contributed by atoms with Crippen LogP contribution in [0.25, 0.3) is 0 Å². The van der Waals surface area contributed by atoms with Gasteiger partial charge in [0.1, 0.15) is 11.6 Å². The third kappa shape index (κ3) is 2.84. The molecule has 0 N–H and O–H groups in total. The van der Waals surface area contributed by atoms with E-state index in [9.17, 15) is 12.8 Å². The third-order valence-corrected chi connectivity index (χ3v) is 5.46. The van der Waals surface area contributed by atoms with Gasteiger partial charge in [-0.25, -0.2) is 12.8 Å². The molecule has 1 aliphatic heterocycles. The molecule has 4 nitrogen and oxygen atoms in total. The highest BCUT2D eigenvalue weighted by molar-refractivity contribution is 7.89. The molecule has 0 fully saturated rings. The van der Waals surface area contributed by atoms with Gasteiger partial charge in [-0.1, -0.05) is 12.1 Å². The lowest BCUT2D eigenvalue weighted by molar-refractivity contribution is 0.356. The molecule has 6 heteroatoms. The molecule has 0 unspecified atom stereocenters. The summed E-state index contributed by atoms with van der Waals surface area (Å²) in [5.74, 6) is 0.365. The van der Waals surface area contributed by atoms with Crippen molar-refractivity contribution in [2.24, 2.45) is 0 Å². The highest BCUT2D eigenvalue weighted by Gasteiger charge is 2.23. The van der Waals surface area contributed by atoms with Gasteiger partial charge in [-0.15, -0.1) is 0 Å². The van der Waals surface area contributed by atoms with Gasteiger partial charge < -0.3 is 4.74 Å². The van der Waals surface area contributed by atoms with Crippen molar-refractivity contribution in [3.05, 3.63) is 59.4 Å². The molecule has 22 heavy (non-hydrogen) atoms. The zero-order chi connectivity index (χ0) is 15.7. The fourth-order valence-corrected chi connectivity index (χ4v) is 3.69. The van der Waals surface area contributed by atoms with E-state index in [1.54, 1.807) is 30.3 Å². The van der Waals surface area contributed by atoms with Crippen molar-refractivity contribution >= 4 is 10.0 Å². The summed E-state index contributed by atoms with van der Waals surface area (Å²) in [5, 5.41) is 0. The summed E-state index contributed by atoms with van der Waals surface area (Å²) in [4.78, 5) is 0.232. The Morgan fingerprint density at radius 3 is 2.82 bits per heavy atom. The Morgan fingerprint density at radius 2 is 2.05 bits per heavy atom. The Labute approximate surface area is 129 Å². The van der Waals surface area contributed by atoms with E-state index in [2.05, 4.69) is 0 Å². The van der Waals surface area contributed by atoms with Crippen molar-refractivity contribution in [3.63, 3.8) is 0 Å². The van der Waals surface area contributed by atoms with Crippen molar-refractivity contribution in [1.82, 2.24) is 4.31 Å². The maximum atomic E-state index is 13.2. The van der Waals surface area contributed by atoms with Crippen LogP contribution in [-0.4, -0.2) is 26.4 Å². The summed E-state index contributed by atoms with van der Waals surface area (Å²) in [7, 11) is -2.13. The largest absolute Gasteiger partial charge is 0.493 e. The molecule has 0 radical (unpaired) electrons. The lowest BCUT2D eigenvalue weighted by Gasteiger charge is -2.17. The molecule has 0 saturated heterocycles. The maximum absolute atomic E-state index is 13.2. The number of rotatable bonds is 4. The Balaban J connectivity index is 1.86. The molecule has 0 spiro atoms. The van der Waals surface area contributed by atoms with Crippen LogP contribution in [0.1, 0.15) is 11.1 Å². The molecule has 2 aromatic rings. The molecular weight excluding hydrogens is 305 g/mol. The Kier molecular flexibility index (Phi) is 3.88. The number of hydrogen-bond donors (Lipinski definition) is 0. The van der Waals surface area contributed by atoms with Crippen LogP contribution in [0.4, 0.5) is 4.39 Å². The van der Waals surface area contributed by atoms with Crippen LogP contribution in [0.15, 0.2) is 47.4 Å².